The maximum Gasteiger partial charge on any atom is 0.279 e. The van der Waals surface area contributed by atoms with Crippen LogP contribution in [0.2, 0.25) is 5.02 Å². The molecule has 2 N–H and O–H groups in total. The van der Waals surface area contributed by atoms with Crippen LogP contribution < -0.4 is 15.1 Å². The minimum Gasteiger partial charge on any atom is -0.360 e. The van der Waals surface area contributed by atoms with E-state index in [9.17, 15) is 4.79 Å². The monoisotopic (exact) mass is 330 g/mol. The summed E-state index contributed by atoms with van der Waals surface area (Å²) in [5.41, 5.74) is 2.05. The molecule has 0 aliphatic carbocycles. The molecule has 0 bridgehead atoms. The van der Waals surface area contributed by atoms with Crippen LogP contribution in [-0.2, 0) is 4.79 Å². The van der Waals surface area contributed by atoms with Gasteiger partial charge in [-0.3, -0.25) is 4.79 Å². The molecular weight excluding hydrogens is 310 g/mol. The fourth-order valence-electron chi connectivity index (χ4n) is 2.86. The van der Waals surface area contributed by atoms with E-state index in [1.54, 1.807) is 12.1 Å². The van der Waals surface area contributed by atoms with E-state index in [1.807, 2.05) is 18.2 Å². The summed E-state index contributed by atoms with van der Waals surface area (Å²) in [6, 6.07) is 17.6. The second kappa shape index (κ2) is 7.49. The first-order valence-corrected chi connectivity index (χ1v) is 8.27. The second-order valence-corrected chi connectivity index (χ2v) is 6.24. The molecule has 1 amide bonds. The van der Waals surface area contributed by atoms with Crippen LogP contribution in [0.5, 0.6) is 0 Å². The molecule has 2 aromatic carbocycles. The normalized spacial score (nSPS) is 15.4. The Kier molecular flexibility index (Phi) is 5.16. The number of para-hydroxylation sites is 1. The van der Waals surface area contributed by atoms with Crippen molar-refractivity contribution in [1.29, 1.82) is 0 Å². The number of hydrogen-bond acceptors (Lipinski definition) is 2. The lowest BCUT2D eigenvalue weighted by Gasteiger charge is -2.33. The standard InChI is InChI=1S/C18H20ClN3O/c19-15-6-8-16(9-7-15)20-18(23)14-21-10-12-22(13-11-21)17-4-2-1-3-5-17/h1-9H,10-14H2,(H,20,23)/p+1. The Bertz CT molecular complexity index is 637. The smallest absolute Gasteiger partial charge is 0.279 e. The van der Waals surface area contributed by atoms with Crippen molar-refractivity contribution < 1.29 is 9.69 Å². The number of anilines is 2. The average Bonchev–Trinajstić information content (AvgIpc) is 2.58. The SMILES string of the molecule is O=C(C[NH+]1CCN(c2ccccc2)CC1)Nc1ccc(Cl)cc1. The first-order chi connectivity index (χ1) is 11.2. The van der Waals surface area contributed by atoms with Crippen LogP contribution in [0, 0.1) is 0 Å². The predicted octanol–water partition coefficient (Wildman–Crippen LogP) is 1.68. The highest BCUT2D eigenvalue weighted by molar-refractivity contribution is 6.30. The fourth-order valence-corrected chi connectivity index (χ4v) is 2.99. The molecule has 23 heavy (non-hydrogen) atoms. The Hall–Kier alpha value is -2.04. The van der Waals surface area contributed by atoms with Crippen LogP contribution in [0.4, 0.5) is 11.4 Å². The predicted molar refractivity (Wildman–Crippen MR) is 94.3 cm³/mol. The molecule has 1 aliphatic heterocycles. The fraction of sp³-hybridized carbons (Fsp3) is 0.278. The molecule has 120 valence electrons. The minimum absolute atomic E-state index is 0.0514. The second-order valence-electron chi connectivity index (χ2n) is 5.80. The highest BCUT2D eigenvalue weighted by Crippen LogP contribution is 2.13. The molecule has 5 heteroatoms. The molecule has 0 atom stereocenters. The van der Waals surface area contributed by atoms with Crippen molar-refractivity contribution in [2.24, 2.45) is 0 Å². The summed E-state index contributed by atoms with van der Waals surface area (Å²) in [6.45, 7) is 4.41. The number of nitrogens with zero attached hydrogens (tertiary/aromatic N) is 1. The number of halogens is 1. The molecule has 1 heterocycles. The van der Waals surface area contributed by atoms with Gasteiger partial charge < -0.3 is 15.1 Å². The van der Waals surface area contributed by atoms with Crippen molar-refractivity contribution in [2.45, 2.75) is 0 Å². The first-order valence-electron chi connectivity index (χ1n) is 7.90. The van der Waals surface area contributed by atoms with E-state index in [-0.39, 0.29) is 5.91 Å². The van der Waals surface area contributed by atoms with E-state index in [0.29, 0.717) is 11.6 Å². The number of piperazine rings is 1. The maximum absolute atomic E-state index is 12.1. The van der Waals surface area contributed by atoms with E-state index in [2.05, 4.69) is 34.5 Å². The zero-order valence-electron chi connectivity index (χ0n) is 13.0. The van der Waals surface area contributed by atoms with Crippen molar-refractivity contribution in [3.8, 4) is 0 Å². The minimum atomic E-state index is 0.0514. The zero-order valence-corrected chi connectivity index (χ0v) is 13.7. The molecule has 1 fully saturated rings. The third kappa shape index (κ3) is 4.47. The summed E-state index contributed by atoms with van der Waals surface area (Å²) in [7, 11) is 0. The van der Waals surface area contributed by atoms with Crippen LogP contribution in [0.1, 0.15) is 0 Å². The molecule has 1 aliphatic rings. The number of benzene rings is 2. The Morgan fingerprint density at radius 2 is 1.70 bits per heavy atom. The van der Waals surface area contributed by atoms with Crippen molar-refractivity contribution in [3.05, 3.63) is 59.6 Å². The van der Waals surface area contributed by atoms with Crippen molar-refractivity contribution in [3.63, 3.8) is 0 Å². The topological polar surface area (TPSA) is 36.8 Å². The van der Waals surface area contributed by atoms with Crippen LogP contribution in [0.25, 0.3) is 0 Å². The van der Waals surface area contributed by atoms with Gasteiger partial charge in [0.25, 0.3) is 5.91 Å². The Morgan fingerprint density at radius 3 is 2.35 bits per heavy atom. The van der Waals surface area contributed by atoms with E-state index < -0.39 is 0 Å². The van der Waals surface area contributed by atoms with Gasteiger partial charge >= 0.3 is 0 Å². The van der Waals surface area contributed by atoms with Crippen molar-refractivity contribution in [2.75, 3.05) is 42.9 Å². The molecule has 0 saturated carbocycles. The number of carbonyl (C=O) groups excluding carboxylic acids is 1. The van der Waals surface area contributed by atoms with Gasteiger partial charge in [0, 0.05) is 16.4 Å². The molecular formula is C18H21ClN3O+. The van der Waals surface area contributed by atoms with E-state index in [1.165, 1.54) is 10.6 Å². The van der Waals surface area contributed by atoms with Crippen LogP contribution in [0.15, 0.2) is 54.6 Å². The van der Waals surface area contributed by atoms with Crippen molar-refractivity contribution in [1.82, 2.24) is 0 Å². The zero-order chi connectivity index (χ0) is 16.1. The van der Waals surface area contributed by atoms with Crippen LogP contribution >= 0.6 is 11.6 Å². The molecule has 4 nitrogen and oxygen atoms in total. The molecule has 0 spiro atoms. The lowest BCUT2D eigenvalue weighted by Crippen LogP contribution is -3.15. The van der Waals surface area contributed by atoms with Gasteiger partial charge in [0.1, 0.15) is 0 Å². The summed E-state index contributed by atoms with van der Waals surface area (Å²) in [4.78, 5) is 15.8. The van der Waals surface area contributed by atoms with Gasteiger partial charge in [-0.25, -0.2) is 0 Å². The van der Waals surface area contributed by atoms with Gasteiger partial charge in [-0.2, -0.15) is 0 Å². The number of nitrogens with one attached hydrogen (secondary N) is 2. The summed E-state index contributed by atoms with van der Waals surface area (Å²) < 4.78 is 0. The summed E-state index contributed by atoms with van der Waals surface area (Å²) in [5.74, 6) is 0.0514. The summed E-state index contributed by atoms with van der Waals surface area (Å²) in [6.07, 6.45) is 0. The lowest BCUT2D eigenvalue weighted by molar-refractivity contribution is -0.892. The molecule has 0 radical (unpaired) electrons. The third-order valence-electron chi connectivity index (χ3n) is 4.13. The van der Waals surface area contributed by atoms with Crippen LogP contribution in [0.3, 0.4) is 0 Å². The lowest BCUT2D eigenvalue weighted by atomic mass is 10.2. The van der Waals surface area contributed by atoms with Gasteiger partial charge in [-0.15, -0.1) is 0 Å². The number of amides is 1. The first kappa shape index (κ1) is 15.8. The third-order valence-corrected chi connectivity index (χ3v) is 4.38. The maximum atomic E-state index is 12.1. The average molecular weight is 331 g/mol. The van der Waals surface area contributed by atoms with Gasteiger partial charge in [-0.1, -0.05) is 29.8 Å². The number of rotatable bonds is 4. The molecule has 0 unspecified atom stereocenters. The Morgan fingerprint density at radius 1 is 1.04 bits per heavy atom. The van der Waals surface area contributed by atoms with Gasteiger partial charge in [0.15, 0.2) is 6.54 Å². The number of carbonyl (C=O) groups is 1. The van der Waals surface area contributed by atoms with Gasteiger partial charge in [0.05, 0.1) is 26.2 Å². The summed E-state index contributed by atoms with van der Waals surface area (Å²) >= 11 is 5.85. The van der Waals surface area contributed by atoms with Gasteiger partial charge in [-0.05, 0) is 36.4 Å². The number of quaternary nitrogens is 1. The van der Waals surface area contributed by atoms with Gasteiger partial charge in [0.2, 0.25) is 0 Å². The summed E-state index contributed by atoms with van der Waals surface area (Å²) in [5, 5.41) is 3.60. The van der Waals surface area contributed by atoms with Crippen molar-refractivity contribution >= 4 is 28.9 Å². The Labute approximate surface area is 141 Å². The molecule has 0 aromatic heterocycles. The number of hydrogen-bond donors (Lipinski definition) is 2. The molecule has 3 rings (SSSR count). The highest BCUT2D eigenvalue weighted by Gasteiger charge is 2.22. The highest BCUT2D eigenvalue weighted by atomic mass is 35.5. The van der Waals surface area contributed by atoms with Crippen LogP contribution in [-0.4, -0.2) is 38.6 Å². The van der Waals surface area contributed by atoms with E-state index in [4.69, 9.17) is 11.6 Å². The van der Waals surface area contributed by atoms with E-state index >= 15 is 0 Å². The Balaban J connectivity index is 1.47. The van der Waals surface area contributed by atoms with E-state index in [0.717, 1.165) is 31.9 Å². The molecule has 2 aromatic rings. The quantitative estimate of drug-likeness (QED) is 0.895. The molecule has 1 saturated heterocycles. The largest absolute Gasteiger partial charge is 0.360 e.